The van der Waals surface area contributed by atoms with Gasteiger partial charge in [0.25, 0.3) is 0 Å². The molecule has 0 spiro atoms. The second-order valence-electron chi connectivity index (χ2n) is 7.71. The SMILES string of the molecule is O=C1[C@@H]2[C@@H]3C[C@@H]([C@H]2C(=O)N1Cc1ccccc1)[C@H](c1ccccc1)C3. The van der Waals surface area contributed by atoms with Crippen molar-refractivity contribution in [1.29, 1.82) is 0 Å². The third-order valence-electron chi connectivity index (χ3n) is 6.52. The van der Waals surface area contributed by atoms with E-state index in [-0.39, 0.29) is 23.7 Å². The zero-order valence-corrected chi connectivity index (χ0v) is 14.0. The average Bonchev–Trinajstić information content (AvgIpc) is 3.31. The van der Waals surface area contributed by atoms with Gasteiger partial charge >= 0.3 is 0 Å². The fourth-order valence-electron chi connectivity index (χ4n) is 5.53. The van der Waals surface area contributed by atoms with Gasteiger partial charge in [0.1, 0.15) is 0 Å². The highest BCUT2D eigenvalue weighted by Crippen LogP contribution is 2.61. The van der Waals surface area contributed by atoms with Crippen LogP contribution in [0.15, 0.2) is 60.7 Å². The molecule has 3 heteroatoms. The smallest absolute Gasteiger partial charge is 0.233 e. The molecule has 2 aromatic rings. The summed E-state index contributed by atoms with van der Waals surface area (Å²) in [7, 11) is 0. The first-order valence-electron chi connectivity index (χ1n) is 9.18. The molecule has 0 unspecified atom stereocenters. The predicted molar refractivity (Wildman–Crippen MR) is 94.4 cm³/mol. The highest BCUT2D eigenvalue weighted by molar-refractivity contribution is 6.06. The molecule has 3 nitrogen and oxygen atoms in total. The number of rotatable bonds is 3. The van der Waals surface area contributed by atoms with Gasteiger partial charge in [-0.1, -0.05) is 60.7 Å². The van der Waals surface area contributed by atoms with Crippen molar-refractivity contribution in [2.75, 3.05) is 0 Å². The van der Waals surface area contributed by atoms with E-state index in [0.717, 1.165) is 18.4 Å². The number of amides is 2. The number of nitrogens with zero attached hydrogens (tertiary/aromatic N) is 1. The van der Waals surface area contributed by atoms with Gasteiger partial charge in [-0.15, -0.1) is 0 Å². The van der Waals surface area contributed by atoms with E-state index in [2.05, 4.69) is 24.3 Å². The summed E-state index contributed by atoms with van der Waals surface area (Å²) in [6.07, 6.45) is 2.08. The first-order valence-corrected chi connectivity index (χ1v) is 9.18. The quantitative estimate of drug-likeness (QED) is 0.806. The number of carbonyl (C=O) groups is 2. The van der Waals surface area contributed by atoms with Gasteiger partial charge in [0.05, 0.1) is 18.4 Å². The Morgan fingerprint density at radius 2 is 1.44 bits per heavy atom. The predicted octanol–water partition coefficient (Wildman–Crippen LogP) is 3.61. The Morgan fingerprint density at radius 3 is 2.16 bits per heavy atom. The number of hydrogen-bond acceptors (Lipinski definition) is 2. The Kier molecular flexibility index (Phi) is 3.30. The Morgan fingerprint density at radius 1 is 0.800 bits per heavy atom. The van der Waals surface area contributed by atoms with Gasteiger partial charge in [-0.25, -0.2) is 0 Å². The fraction of sp³-hybridized carbons (Fsp3) is 0.364. The number of carbonyl (C=O) groups excluding carboxylic acids is 2. The Bertz CT molecular complexity index is 816. The number of hydrogen-bond donors (Lipinski definition) is 0. The molecular weight excluding hydrogens is 310 g/mol. The molecule has 2 aliphatic carbocycles. The van der Waals surface area contributed by atoms with E-state index in [0.29, 0.717) is 24.3 Å². The zero-order valence-electron chi connectivity index (χ0n) is 14.0. The number of imide groups is 1. The van der Waals surface area contributed by atoms with Crippen molar-refractivity contribution in [2.24, 2.45) is 23.7 Å². The molecule has 1 heterocycles. The van der Waals surface area contributed by atoms with E-state index in [1.165, 1.54) is 10.5 Å². The van der Waals surface area contributed by atoms with Crippen LogP contribution in [0.5, 0.6) is 0 Å². The lowest BCUT2D eigenvalue weighted by Gasteiger charge is -2.28. The lowest BCUT2D eigenvalue weighted by atomic mass is 9.73. The van der Waals surface area contributed by atoms with Crippen molar-refractivity contribution in [2.45, 2.75) is 25.3 Å². The molecule has 2 bridgehead atoms. The summed E-state index contributed by atoms with van der Waals surface area (Å²) in [5, 5.41) is 0. The lowest BCUT2D eigenvalue weighted by Crippen LogP contribution is -2.32. The second-order valence-corrected chi connectivity index (χ2v) is 7.71. The number of fused-ring (bicyclic) bond motifs is 5. The maximum Gasteiger partial charge on any atom is 0.233 e. The Labute approximate surface area is 147 Å². The van der Waals surface area contributed by atoms with Crippen LogP contribution >= 0.6 is 0 Å². The molecule has 3 fully saturated rings. The first kappa shape index (κ1) is 14.9. The van der Waals surface area contributed by atoms with E-state index in [1.54, 1.807) is 0 Å². The monoisotopic (exact) mass is 331 g/mol. The summed E-state index contributed by atoms with van der Waals surface area (Å²) in [6, 6.07) is 20.3. The molecule has 0 N–H and O–H groups in total. The van der Waals surface area contributed by atoms with Crippen LogP contribution in [-0.2, 0) is 16.1 Å². The van der Waals surface area contributed by atoms with E-state index < -0.39 is 0 Å². The van der Waals surface area contributed by atoms with Crippen LogP contribution in [-0.4, -0.2) is 16.7 Å². The minimum absolute atomic E-state index is 0.0620. The van der Waals surface area contributed by atoms with Crippen LogP contribution in [0.2, 0.25) is 0 Å². The molecule has 1 aliphatic heterocycles. The second kappa shape index (κ2) is 5.55. The van der Waals surface area contributed by atoms with Crippen LogP contribution < -0.4 is 0 Å². The molecule has 25 heavy (non-hydrogen) atoms. The molecule has 0 radical (unpaired) electrons. The minimum atomic E-state index is -0.0971. The van der Waals surface area contributed by atoms with Crippen molar-refractivity contribution in [1.82, 2.24) is 4.90 Å². The molecule has 3 aliphatic rings. The van der Waals surface area contributed by atoms with Gasteiger partial charge in [-0.3, -0.25) is 14.5 Å². The van der Waals surface area contributed by atoms with Crippen LogP contribution in [0.1, 0.15) is 29.9 Å². The minimum Gasteiger partial charge on any atom is -0.278 e. The normalized spacial score (nSPS) is 33.1. The molecule has 2 amide bonds. The van der Waals surface area contributed by atoms with Crippen molar-refractivity contribution in [3.63, 3.8) is 0 Å². The van der Waals surface area contributed by atoms with Gasteiger partial charge in [-0.05, 0) is 41.7 Å². The molecule has 0 aromatic heterocycles. The van der Waals surface area contributed by atoms with Gasteiger partial charge in [0.2, 0.25) is 11.8 Å². The summed E-state index contributed by atoms with van der Waals surface area (Å²) in [5.74, 6) is 1.10. The molecule has 5 atom stereocenters. The topological polar surface area (TPSA) is 37.4 Å². The van der Waals surface area contributed by atoms with Crippen LogP contribution in [0.25, 0.3) is 0 Å². The van der Waals surface area contributed by atoms with Crippen molar-refractivity contribution >= 4 is 11.8 Å². The molecule has 2 saturated carbocycles. The molecule has 2 aromatic carbocycles. The van der Waals surface area contributed by atoms with Crippen LogP contribution in [0, 0.1) is 23.7 Å². The summed E-state index contributed by atoms with van der Waals surface area (Å²) in [5.41, 5.74) is 2.35. The van der Waals surface area contributed by atoms with Crippen molar-refractivity contribution in [3.8, 4) is 0 Å². The van der Waals surface area contributed by atoms with E-state index in [1.807, 2.05) is 36.4 Å². The highest BCUT2D eigenvalue weighted by atomic mass is 16.2. The Balaban J connectivity index is 1.42. The maximum absolute atomic E-state index is 13.1. The zero-order chi connectivity index (χ0) is 17.0. The van der Waals surface area contributed by atoms with E-state index in [9.17, 15) is 9.59 Å². The van der Waals surface area contributed by atoms with Crippen molar-refractivity contribution < 1.29 is 9.59 Å². The maximum atomic E-state index is 13.1. The Hall–Kier alpha value is -2.42. The fourth-order valence-corrected chi connectivity index (χ4v) is 5.53. The van der Waals surface area contributed by atoms with Gasteiger partial charge in [0.15, 0.2) is 0 Å². The standard InChI is InChI=1S/C22H21NO2/c24-21-19-16-11-17(15-9-5-2-6-10-15)18(12-16)20(19)22(25)23(21)13-14-7-3-1-4-8-14/h1-10,16-20H,11-13H2/t16-,17-,18+,19+,20+/m0/s1. The summed E-state index contributed by atoms with van der Waals surface area (Å²) in [6.45, 7) is 0.418. The van der Waals surface area contributed by atoms with E-state index in [4.69, 9.17) is 0 Å². The largest absolute Gasteiger partial charge is 0.278 e. The molecule has 126 valence electrons. The number of benzene rings is 2. The molecular formula is C22H21NO2. The highest BCUT2D eigenvalue weighted by Gasteiger charge is 2.63. The summed E-state index contributed by atoms with van der Waals surface area (Å²) >= 11 is 0. The van der Waals surface area contributed by atoms with Crippen molar-refractivity contribution in [3.05, 3.63) is 71.8 Å². The lowest BCUT2D eigenvalue weighted by molar-refractivity contribution is -0.141. The summed E-state index contributed by atoms with van der Waals surface area (Å²) < 4.78 is 0. The third-order valence-corrected chi connectivity index (χ3v) is 6.52. The van der Waals surface area contributed by atoms with Gasteiger partial charge in [0, 0.05) is 0 Å². The van der Waals surface area contributed by atoms with Gasteiger partial charge < -0.3 is 0 Å². The third kappa shape index (κ3) is 2.18. The average molecular weight is 331 g/mol. The summed E-state index contributed by atoms with van der Waals surface area (Å²) in [4.78, 5) is 27.5. The number of likely N-dealkylation sites (tertiary alicyclic amines) is 1. The molecule has 1 saturated heterocycles. The molecule has 5 rings (SSSR count). The first-order chi connectivity index (χ1) is 12.2. The van der Waals surface area contributed by atoms with Gasteiger partial charge in [-0.2, -0.15) is 0 Å². The van der Waals surface area contributed by atoms with E-state index >= 15 is 0 Å². The van der Waals surface area contributed by atoms with Crippen LogP contribution in [0.3, 0.4) is 0 Å². The van der Waals surface area contributed by atoms with Crippen LogP contribution in [0.4, 0.5) is 0 Å².